The Morgan fingerprint density at radius 3 is 2.46 bits per heavy atom. The van der Waals surface area contributed by atoms with Crippen molar-refractivity contribution in [3.05, 3.63) is 24.3 Å². The van der Waals surface area contributed by atoms with Crippen LogP contribution < -0.4 is 15.1 Å². The van der Waals surface area contributed by atoms with Crippen LogP contribution in [0.5, 0.6) is 0 Å². The van der Waals surface area contributed by atoms with Crippen molar-refractivity contribution in [2.75, 3.05) is 49.7 Å². The normalized spacial score (nSPS) is 13.8. The Kier molecular flexibility index (Phi) is 7.06. The van der Waals surface area contributed by atoms with E-state index < -0.39 is 0 Å². The zero-order chi connectivity index (χ0) is 17.4. The summed E-state index contributed by atoms with van der Waals surface area (Å²) in [5.41, 5.74) is 1.92. The van der Waals surface area contributed by atoms with E-state index in [1.165, 1.54) is 30.4 Å². The largest absolute Gasteiger partial charge is 0.385 e. The van der Waals surface area contributed by atoms with Gasteiger partial charge in [-0.05, 0) is 43.5 Å². The summed E-state index contributed by atoms with van der Waals surface area (Å²) < 4.78 is 4.95. The molecule has 24 heavy (non-hydrogen) atoms. The number of ether oxygens (including phenoxy) is 1. The number of anilines is 2. The molecule has 1 aromatic rings. The van der Waals surface area contributed by atoms with E-state index in [2.05, 4.69) is 10.2 Å². The van der Waals surface area contributed by atoms with E-state index in [1.54, 1.807) is 7.11 Å². The molecule has 0 spiro atoms. The van der Waals surface area contributed by atoms with Crippen LogP contribution in [0.4, 0.5) is 11.4 Å². The standard InChI is InChI=1S/C18H27N3O3/c1-15(22)21(14-18(23)19-10-5-13-24-2)17-8-6-16(7-9-17)20-11-3-4-12-20/h6-9H,3-5,10-14H2,1-2H3,(H,19,23). The van der Waals surface area contributed by atoms with Crippen molar-refractivity contribution in [3.8, 4) is 0 Å². The van der Waals surface area contributed by atoms with Crippen LogP contribution >= 0.6 is 0 Å². The average Bonchev–Trinajstić information content (AvgIpc) is 3.11. The molecule has 0 bridgehead atoms. The van der Waals surface area contributed by atoms with Gasteiger partial charge >= 0.3 is 0 Å². The molecule has 6 heteroatoms. The highest BCUT2D eigenvalue weighted by atomic mass is 16.5. The molecule has 0 aromatic heterocycles. The lowest BCUT2D eigenvalue weighted by Gasteiger charge is -2.23. The third kappa shape index (κ3) is 5.23. The average molecular weight is 333 g/mol. The second-order valence-corrected chi connectivity index (χ2v) is 6.01. The number of hydrogen-bond donors (Lipinski definition) is 1. The summed E-state index contributed by atoms with van der Waals surface area (Å²) in [6.45, 7) is 4.83. The van der Waals surface area contributed by atoms with Crippen LogP contribution in [0, 0.1) is 0 Å². The second-order valence-electron chi connectivity index (χ2n) is 6.01. The topological polar surface area (TPSA) is 61.9 Å². The van der Waals surface area contributed by atoms with Gasteiger partial charge < -0.3 is 19.9 Å². The van der Waals surface area contributed by atoms with Crippen LogP contribution in [0.15, 0.2) is 24.3 Å². The van der Waals surface area contributed by atoms with E-state index in [0.29, 0.717) is 13.2 Å². The van der Waals surface area contributed by atoms with Crippen molar-refractivity contribution in [1.82, 2.24) is 5.32 Å². The number of carbonyl (C=O) groups is 2. The van der Waals surface area contributed by atoms with Crippen LogP contribution in [0.3, 0.4) is 0 Å². The first kappa shape index (κ1) is 18.3. The lowest BCUT2D eigenvalue weighted by atomic mass is 10.2. The summed E-state index contributed by atoms with van der Waals surface area (Å²) >= 11 is 0. The predicted molar refractivity (Wildman–Crippen MR) is 95.4 cm³/mol. The summed E-state index contributed by atoms with van der Waals surface area (Å²) in [5.74, 6) is -0.305. The molecule has 0 atom stereocenters. The summed E-state index contributed by atoms with van der Waals surface area (Å²) in [7, 11) is 1.63. The zero-order valence-corrected chi connectivity index (χ0v) is 14.6. The molecular formula is C18H27N3O3. The van der Waals surface area contributed by atoms with Gasteiger partial charge in [-0.3, -0.25) is 9.59 Å². The Balaban J connectivity index is 1.94. The second kappa shape index (κ2) is 9.27. The maximum Gasteiger partial charge on any atom is 0.240 e. The molecule has 2 amide bonds. The van der Waals surface area contributed by atoms with Gasteiger partial charge in [0.1, 0.15) is 6.54 Å². The highest BCUT2D eigenvalue weighted by Crippen LogP contribution is 2.23. The Morgan fingerprint density at radius 1 is 1.21 bits per heavy atom. The molecule has 0 saturated carbocycles. The van der Waals surface area contributed by atoms with E-state index in [4.69, 9.17) is 4.74 Å². The first-order valence-corrected chi connectivity index (χ1v) is 8.50. The minimum Gasteiger partial charge on any atom is -0.385 e. The maximum absolute atomic E-state index is 12.0. The third-order valence-corrected chi connectivity index (χ3v) is 4.16. The summed E-state index contributed by atoms with van der Waals surface area (Å²) in [5, 5.41) is 2.81. The van der Waals surface area contributed by atoms with Crippen LogP contribution in [0.1, 0.15) is 26.2 Å². The van der Waals surface area contributed by atoms with Gasteiger partial charge in [0, 0.05) is 51.6 Å². The highest BCUT2D eigenvalue weighted by molar-refractivity contribution is 5.97. The van der Waals surface area contributed by atoms with Crippen LogP contribution in [-0.4, -0.2) is 51.7 Å². The predicted octanol–water partition coefficient (Wildman–Crippen LogP) is 1.79. The molecule has 1 aromatic carbocycles. The monoisotopic (exact) mass is 333 g/mol. The fourth-order valence-corrected chi connectivity index (χ4v) is 2.85. The number of amides is 2. The summed E-state index contributed by atoms with van der Waals surface area (Å²) in [6.07, 6.45) is 3.21. The lowest BCUT2D eigenvalue weighted by Crippen LogP contribution is -2.40. The van der Waals surface area contributed by atoms with Gasteiger partial charge in [-0.1, -0.05) is 0 Å². The van der Waals surface area contributed by atoms with Crippen molar-refractivity contribution >= 4 is 23.2 Å². The highest BCUT2D eigenvalue weighted by Gasteiger charge is 2.17. The van der Waals surface area contributed by atoms with E-state index in [0.717, 1.165) is 25.2 Å². The molecule has 2 rings (SSSR count). The maximum atomic E-state index is 12.0. The SMILES string of the molecule is COCCCNC(=O)CN(C(C)=O)c1ccc(N2CCCC2)cc1. The van der Waals surface area contributed by atoms with Crippen molar-refractivity contribution in [1.29, 1.82) is 0 Å². The number of hydrogen-bond acceptors (Lipinski definition) is 4. The Labute approximate surface area is 143 Å². The minimum absolute atomic E-state index is 0.0331. The molecular weight excluding hydrogens is 306 g/mol. The number of carbonyl (C=O) groups excluding carboxylic acids is 2. The van der Waals surface area contributed by atoms with Gasteiger partial charge in [0.2, 0.25) is 11.8 Å². The number of rotatable bonds is 8. The van der Waals surface area contributed by atoms with E-state index >= 15 is 0 Å². The number of nitrogens with zero attached hydrogens (tertiary/aromatic N) is 2. The molecule has 1 aliphatic rings. The van der Waals surface area contributed by atoms with Gasteiger partial charge in [0.05, 0.1) is 0 Å². The third-order valence-electron chi connectivity index (χ3n) is 4.16. The molecule has 0 aliphatic carbocycles. The smallest absolute Gasteiger partial charge is 0.240 e. The lowest BCUT2D eigenvalue weighted by molar-refractivity contribution is -0.123. The van der Waals surface area contributed by atoms with Crippen molar-refractivity contribution in [2.45, 2.75) is 26.2 Å². The van der Waals surface area contributed by atoms with Crippen LogP contribution in [0.25, 0.3) is 0 Å². The zero-order valence-electron chi connectivity index (χ0n) is 14.6. The van der Waals surface area contributed by atoms with Crippen LogP contribution in [-0.2, 0) is 14.3 Å². The number of benzene rings is 1. The number of nitrogens with one attached hydrogen (secondary N) is 1. The Bertz CT molecular complexity index is 539. The first-order valence-electron chi connectivity index (χ1n) is 8.50. The first-order chi connectivity index (χ1) is 11.6. The van der Waals surface area contributed by atoms with Gasteiger partial charge in [0.15, 0.2) is 0 Å². The van der Waals surface area contributed by atoms with Gasteiger partial charge in [-0.25, -0.2) is 0 Å². The van der Waals surface area contributed by atoms with Gasteiger partial charge in [-0.2, -0.15) is 0 Å². The van der Waals surface area contributed by atoms with Crippen molar-refractivity contribution in [3.63, 3.8) is 0 Å². The van der Waals surface area contributed by atoms with E-state index in [1.807, 2.05) is 24.3 Å². The molecule has 132 valence electrons. The Hall–Kier alpha value is -2.08. The van der Waals surface area contributed by atoms with Crippen molar-refractivity contribution in [2.24, 2.45) is 0 Å². The summed E-state index contributed by atoms with van der Waals surface area (Å²) in [6, 6.07) is 7.86. The molecule has 1 aliphatic heterocycles. The molecule has 1 saturated heterocycles. The molecule has 1 N–H and O–H groups in total. The molecule has 1 fully saturated rings. The van der Waals surface area contributed by atoms with E-state index in [-0.39, 0.29) is 18.4 Å². The van der Waals surface area contributed by atoms with Crippen molar-refractivity contribution < 1.29 is 14.3 Å². The fraction of sp³-hybridized carbons (Fsp3) is 0.556. The van der Waals surface area contributed by atoms with Gasteiger partial charge in [0.25, 0.3) is 0 Å². The fourth-order valence-electron chi connectivity index (χ4n) is 2.85. The number of methoxy groups -OCH3 is 1. The van der Waals surface area contributed by atoms with Gasteiger partial charge in [-0.15, -0.1) is 0 Å². The van der Waals surface area contributed by atoms with E-state index in [9.17, 15) is 9.59 Å². The molecule has 0 radical (unpaired) electrons. The molecule has 6 nitrogen and oxygen atoms in total. The molecule has 0 unspecified atom stereocenters. The minimum atomic E-state index is -0.162. The molecule has 1 heterocycles. The Morgan fingerprint density at radius 2 is 1.88 bits per heavy atom. The van der Waals surface area contributed by atoms with Crippen LogP contribution in [0.2, 0.25) is 0 Å². The quantitative estimate of drug-likeness (QED) is 0.737. The summed E-state index contributed by atoms with van der Waals surface area (Å²) in [4.78, 5) is 27.8.